The number of hydrogen-bond acceptors (Lipinski definition) is 3. The second kappa shape index (κ2) is 8.79. The SMILES string of the molecule is COc1cc(CNC2CCCC2)cc(Cl)c1OCc1cccc(Cl)c1. The van der Waals surface area contributed by atoms with Crippen LogP contribution < -0.4 is 14.8 Å². The van der Waals surface area contributed by atoms with Crippen LogP contribution in [0.15, 0.2) is 36.4 Å². The van der Waals surface area contributed by atoms with Crippen molar-refractivity contribution < 1.29 is 9.47 Å². The zero-order valence-corrected chi connectivity index (χ0v) is 15.9. The van der Waals surface area contributed by atoms with Crippen molar-refractivity contribution >= 4 is 23.2 Å². The summed E-state index contributed by atoms with van der Waals surface area (Å²) in [5.41, 5.74) is 2.08. The molecule has 0 bridgehead atoms. The van der Waals surface area contributed by atoms with Crippen LogP contribution in [0.25, 0.3) is 0 Å². The van der Waals surface area contributed by atoms with Crippen LogP contribution in [0.4, 0.5) is 0 Å². The molecule has 1 saturated carbocycles. The van der Waals surface area contributed by atoms with Crippen molar-refractivity contribution in [3.05, 3.63) is 57.6 Å². The quantitative estimate of drug-likeness (QED) is 0.677. The highest BCUT2D eigenvalue weighted by Gasteiger charge is 2.16. The summed E-state index contributed by atoms with van der Waals surface area (Å²) in [5, 5.41) is 4.84. The molecule has 0 aromatic heterocycles. The van der Waals surface area contributed by atoms with Crippen LogP contribution in [0.5, 0.6) is 11.5 Å². The molecular weight excluding hydrogens is 357 g/mol. The van der Waals surface area contributed by atoms with Gasteiger partial charge in [-0.1, -0.05) is 48.2 Å². The molecule has 0 radical (unpaired) electrons. The Balaban J connectivity index is 1.68. The van der Waals surface area contributed by atoms with E-state index in [9.17, 15) is 0 Å². The fraction of sp³-hybridized carbons (Fsp3) is 0.400. The second-order valence-corrected chi connectivity index (χ2v) is 7.23. The number of halogens is 2. The Morgan fingerprint density at radius 1 is 1.08 bits per heavy atom. The highest BCUT2D eigenvalue weighted by Crippen LogP contribution is 2.37. The Hall–Kier alpha value is -1.42. The van der Waals surface area contributed by atoms with Crippen molar-refractivity contribution in [2.75, 3.05) is 7.11 Å². The van der Waals surface area contributed by atoms with Gasteiger partial charge < -0.3 is 14.8 Å². The van der Waals surface area contributed by atoms with Gasteiger partial charge in [-0.05, 0) is 48.2 Å². The number of methoxy groups -OCH3 is 1. The summed E-state index contributed by atoms with van der Waals surface area (Å²) in [6.07, 6.45) is 5.15. The lowest BCUT2D eigenvalue weighted by Crippen LogP contribution is -2.25. The lowest BCUT2D eigenvalue weighted by atomic mass is 10.1. The molecule has 1 aliphatic rings. The molecule has 5 heteroatoms. The van der Waals surface area contributed by atoms with E-state index in [4.69, 9.17) is 32.7 Å². The van der Waals surface area contributed by atoms with Gasteiger partial charge in [-0.3, -0.25) is 0 Å². The molecule has 1 aliphatic carbocycles. The van der Waals surface area contributed by atoms with Crippen molar-refractivity contribution in [2.45, 2.75) is 44.9 Å². The molecule has 0 saturated heterocycles. The first-order chi connectivity index (χ1) is 12.2. The van der Waals surface area contributed by atoms with Crippen LogP contribution in [-0.2, 0) is 13.2 Å². The first kappa shape index (κ1) is 18.4. The fourth-order valence-corrected chi connectivity index (χ4v) is 3.69. The second-order valence-electron chi connectivity index (χ2n) is 6.39. The minimum Gasteiger partial charge on any atom is -0.493 e. The van der Waals surface area contributed by atoms with E-state index < -0.39 is 0 Å². The lowest BCUT2D eigenvalue weighted by Gasteiger charge is -2.16. The topological polar surface area (TPSA) is 30.5 Å². The van der Waals surface area contributed by atoms with Crippen LogP contribution in [0.1, 0.15) is 36.8 Å². The average molecular weight is 380 g/mol. The van der Waals surface area contributed by atoms with Crippen LogP contribution in [0, 0.1) is 0 Å². The molecule has 0 aliphatic heterocycles. The molecule has 0 amide bonds. The Morgan fingerprint density at radius 2 is 1.88 bits per heavy atom. The maximum atomic E-state index is 6.45. The molecule has 1 N–H and O–H groups in total. The lowest BCUT2D eigenvalue weighted by molar-refractivity contribution is 0.284. The van der Waals surface area contributed by atoms with E-state index in [0.717, 1.165) is 17.7 Å². The maximum absolute atomic E-state index is 6.45. The summed E-state index contributed by atoms with van der Waals surface area (Å²) in [5.74, 6) is 1.21. The standard InChI is InChI=1S/C20H23Cl2NO2/c1-24-19-11-15(12-23-17-7-2-3-8-17)10-18(22)20(19)25-13-14-5-4-6-16(21)9-14/h4-6,9-11,17,23H,2-3,7-8,12-13H2,1H3. The molecule has 0 heterocycles. The summed E-state index contributed by atoms with van der Waals surface area (Å²) in [4.78, 5) is 0. The minimum absolute atomic E-state index is 0.385. The van der Waals surface area contributed by atoms with Gasteiger partial charge in [0.1, 0.15) is 6.61 Å². The van der Waals surface area contributed by atoms with E-state index in [1.54, 1.807) is 7.11 Å². The highest BCUT2D eigenvalue weighted by molar-refractivity contribution is 6.32. The monoisotopic (exact) mass is 379 g/mol. The van der Waals surface area contributed by atoms with Gasteiger partial charge in [0.2, 0.25) is 0 Å². The van der Waals surface area contributed by atoms with E-state index in [1.807, 2.05) is 36.4 Å². The Kier molecular flexibility index (Phi) is 6.46. The third kappa shape index (κ3) is 5.04. The third-order valence-electron chi connectivity index (χ3n) is 4.51. The van der Waals surface area contributed by atoms with E-state index in [2.05, 4.69) is 5.32 Å². The first-order valence-corrected chi connectivity index (χ1v) is 9.38. The summed E-state index contributed by atoms with van der Waals surface area (Å²) in [6, 6.07) is 12.1. The van der Waals surface area contributed by atoms with Gasteiger partial charge >= 0.3 is 0 Å². The number of rotatable bonds is 7. The summed E-state index contributed by atoms with van der Waals surface area (Å²) in [6.45, 7) is 1.17. The molecule has 0 atom stereocenters. The molecule has 25 heavy (non-hydrogen) atoms. The van der Waals surface area contributed by atoms with Gasteiger partial charge in [0.25, 0.3) is 0 Å². The zero-order chi connectivity index (χ0) is 17.6. The average Bonchev–Trinajstić information content (AvgIpc) is 3.12. The molecule has 2 aromatic carbocycles. The van der Waals surface area contributed by atoms with Crippen LogP contribution >= 0.6 is 23.2 Å². The Morgan fingerprint density at radius 3 is 2.60 bits per heavy atom. The summed E-state index contributed by atoms with van der Waals surface area (Å²) in [7, 11) is 1.63. The minimum atomic E-state index is 0.385. The molecule has 1 fully saturated rings. The highest BCUT2D eigenvalue weighted by atomic mass is 35.5. The van der Waals surface area contributed by atoms with Crippen molar-refractivity contribution in [3.8, 4) is 11.5 Å². The number of nitrogens with one attached hydrogen (secondary N) is 1. The van der Waals surface area contributed by atoms with Crippen molar-refractivity contribution in [1.29, 1.82) is 0 Å². The normalized spacial score (nSPS) is 14.7. The molecule has 2 aromatic rings. The number of benzene rings is 2. The van der Waals surface area contributed by atoms with Crippen molar-refractivity contribution in [1.82, 2.24) is 5.32 Å². The molecule has 134 valence electrons. The fourth-order valence-electron chi connectivity index (χ4n) is 3.19. The van der Waals surface area contributed by atoms with Crippen molar-refractivity contribution in [2.24, 2.45) is 0 Å². The largest absolute Gasteiger partial charge is 0.493 e. The van der Waals surface area contributed by atoms with Crippen LogP contribution in [0.3, 0.4) is 0 Å². The number of hydrogen-bond donors (Lipinski definition) is 1. The molecule has 0 spiro atoms. The van der Waals surface area contributed by atoms with Crippen LogP contribution in [0.2, 0.25) is 10.0 Å². The van der Waals surface area contributed by atoms with Crippen molar-refractivity contribution in [3.63, 3.8) is 0 Å². The summed E-state index contributed by atoms with van der Waals surface area (Å²) < 4.78 is 11.4. The molecular formula is C20H23Cl2NO2. The zero-order valence-electron chi connectivity index (χ0n) is 14.4. The Bertz CT molecular complexity index is 715. The third-order valence-corrected chi connectivity index (χ3v) is 5.03. The molecule has 3 nitrogen and oxygen atoms in total. The van der Waals surface area contributed by atoms with Gasteiger partial charge in [0.05, 0.1) is 12.1 Å². The maximum Gasteiger partial charge on any atom is 0.180 e. The van der Waals surface area contributed by atoms with Gasteiger partial charge in [0, 0.05) is 17.6 Å². The van der Waals surface area contributed by atoms with E-state index in [-0.39, 0.29) is 0 Å². The summed E-state index contributed by atoms with van der Waals surface area (Å²) >= 11 is 12.5. The van der Waals surface area contributed by atoms with E-state index in [0.29, 0.717) is 34.2 Å². The van der Waals surface area contributed by atoms with E-state index >= 15 is 0 Å². The first-order valence-electron chi connectivity index (χ1n) is 8.63. The van der Waals surface area contributed by atoms with E-state index in [1.165, 1.54) is 25.7 Å². The predicted molar refractivity (Wildman–Crippen MR) is 103 cm³/mol. The van der Waals surface area contributed by atoms with Gasteiger partial charge in [-0.2, -0.15) is 0 Å². The van der Waals surface area contributed by atoms with Crippen LogP contribution in [-0.4, -0.2) is 13.2 Å². The number of ether oxygens (including phenoxy) is 2. The smallest absolute Gasteiger partial charge is 0.180 e. The predicted octanol–water partition coefficient (Wildman–Crippen LogP) is 5.61. The van der Waals surface area contributed by atoms with Gasteiger partial charge in [-0.15, -0.1) is 0 Å². The van der Waals surface area contributed by atoms with Gasteiger partial charge in [0.15, 0.2) is 11.5 Å². The molecule has 0 unspecified atom stereocenters. The molecule has 3 rings (SSSR count). The Labute approximate surface area is 159 Å². The van der Waals surface area contributed by atoms with Gasteiger partial charge in [-0.25, -0.2) is 0 Å².